The fourth-order valence-electron chi connectivity index (χ4n) is 3.48. The summed E-state index contributed by atoms with van der Waals surface area (Å²) in [5.41, 5.74) is 0. The predicted molar refractivity (Wildman–Crippen MR) is 144 cm³/mol. The molecule has 34 heavy (non-hydrogen) atoms. The Hall–Kier alpha value is 0.574. The largest absolute Gasteiger partial charge is 0.335 e. The number of hydrogen-bond donors (Lipinski definition) is 0. The van der Waals surface area contributed by atoms with Crippen LogP contribution in [-0.2, 0) is 46.6 Å². The Morgan fingerprint density at radius 3 is 1.91 bits per heavy atom. The summed E-state index contributed by atoms with van der Waals surface area (Å²) >= 11 is 0. The van der Waals surface area contributed by atoms with E-state index in [1.807, 2.05) is 26.3 Å². The van der Waals surface area contributed by atoms with Crippen molar-refractivity contribution in [3.63, 3.8) is 0 Å². The first-order chi connectivity index (χ1) is 16.2. The Morgan fingerprint density at radius 1 is 1.00 bits per heavy atom. The first-order valence-corrected chi connectivity index (χ1v) is 14.2. The van der Waals surface area contributed by atoms with Crippen molar-refractivity contribution in [1.29, 1.82) is 5.26 Å². The first-order valence-electron chi connectivity index (χ1n) is 13.4. The van der Waals surface area contributed by atoms with Crippen molar-refractivity contribution in [3.8, 4) is 6.07 Å². The molecule has 0 aromatic heterocycles. The van der Waals surface area contributed by atoms with Crippen LogP contribution < -0.4 is 0 Å². The summed E-state index contributed by atoms with van der Waals surface area (Å²) in [5, 5.41) is 8.24. The zero-order chi connectivity index (χ0) is 24.8. The van der Waals surface area contributed by atoms with Gasteiger partial charge in [-0.2, -0.15) is 19.1 Å². The van der Waals surface area contributed by atoms with Crippen LogP contribution in [0, 0.1) is 17.8 Å². The van der Waals surface area contributed by atoms with Crippen molar-refractivity contribution in [3.05, 3.63) is 6.42 Å². The van der Waals surface area contributed by atoms with Crippen LogP contribution in [0.15, 0.2) is 0 Å². The number of nitriles is 1. The van der Waals surface area contributed by atoms with Crippen LogP contribution in [0.4, 0.5) is 0 Å². The zero-order valence-corrected chi connectivity index (χ0v) is 26.7. The van der Waals surface area contributed by atoms with Gasteiger partial charge in [-0.1, -0.05) is 84.0 Å². The smallest absolute Gasteiger partial charge is 0.155 e. The van der Waals surface area contributed by atoms with Crippen molar-refractivity contribution >= 4 is 15.3 Å². The van der Waals surface area contributed by atoms with E-state index in [9.17, 15) is 4.79 Å². The van der Waals surface area contributed by atoms with Crippen molar-refractivity contribution < 1.29 is 46.6 Å². The molecule has 0 aromatic carbocycles. The number of likely N-dealkylation sites (tertiary alicyclic amines) is 1. The molecule has 1 aliphatic heterocycles. The number of aldehydes is 1. The van der Waals surface area contributed by atoms with E-state index in [-0.39, 0.29) is 41.7 Å². The molecule has 1 unspecified atom stereocenters. The van der Waals surface area contributed by atoms with Crippen LogP contribution >= 0.6 is 9.03 Å². The second-order valence-corrected chi connectivity index (χ2v) is 9.60. The van der Waals surface area contributed by atoms with Gasteiger partial charge < -0.3 is 25.2 Å². The molecule has 0 amide bonds. The van der Waals surface area contributed by atoms with Crippen LogP contribution in [0.5, 0.6) is 0 Å². The van der Waals surface area contributed by atoms with E-state index >= 15 is 0 Å². The molecule has 1 saturated heterocycles. The molecule has 0 N–H and O–H groups in total. The Bertz CT molecular complexity index is 425. The second-order valence-electron chi connectivity index (χ2n) is 8.91. The third-order valence-electron chi connectivity index (χ3n) is 5.36. The quantitative estimate of drug-likeness (QED) is 0.0676. The molecular weight excluding hydrogens is 520 g/mol. The molecule has 1 heterocycles. The van der Waals surface area contributed by atoms with Gasteiger partial charge in [0.2, 0.25) is 0 Å². The summed E-state index contributed by atoms with van der Waals surface area (Å²) in [7, 11) is 2.17. The Kier molecular flexibility index (Phi) is 41.1. The number of likely N-dealkylation sites (N-methyl/N-ethyl adjacent to an activating group) is 1. The third kappa shape index (κ3) is 34.7. The zero-order valence-electron chi connectivity index (χ0n) is 22.9. The molecule has 1 aliphatic rings. The summed E-state index contributed by atoms with van der Waals surface area (Å²) in [5.74, 6) is 0. The average Bonchev–Trinajstić information content (AvgIpc) is 3.23. The average molecular weight is 575 g/mol. The van der Waals surface area contributed by atoms with Crippen molar-refractivity contribution in [2.45, 2.75) is 130 Å². The number of unbranched alkanes of at least 4 members (excludes halogenated alkanes) is 13. The summed E-state index contributed by atoms with van der Waals surface area (Å²) < 4.78 is 10.6. The molecule has 1 fully saturated rings. The van der Waals surface area contributed by atoms with Crippen molar-refractivity contribution in [2.24, 2.45) is 0 Å². The number of nitrogens with zero attached hydrogens (tertiary/aromatic N) is 2. The van der Waals surface area contributed by atoms with Gasteiger partial charge in [0.05, 0.1) is 25.2 Å². The van der Waals surface area contributed by atoms with Gasteiger partial charge in [0.25, 0.3) is 0 Å². The minimum atomic E-state index is 0. The fourth-order valence-corrected chi connectivity index (χ4v) is 4.06. The minimum absolute atomic E-state index is 0. The molecule has 199 valence electrons. The van der Waals surface area contributed by atoms with E-state index in [2.05, 4.69) is 18.9 Å². The Balaban J connectivity index is -0.000000504. The Morgan fingerprint density at radius 2 is 1.50 bits per heavy atom. The van der Waals surface area contributed by atoms with Gasteiger partial charge in [0, 0.05) is 52.2 Å². The van der Waals surface area contributed by atoms with Gasteiger partial charge in [0.1, 0.15) is 6.29 Å². The van der Waals surface area contributed by atoms with Crippen LogP contribution in [0.1, 0.15) is 124 Å². The van der Waals surface area contributed by atoms with Gasteiger partial charge in [-0.05, 0) is 19.9 Å². The van der Waals surface area contributed by atoms with Gasteiger partial charge in [-0.3, -0.25) is 0 Å². The van der Waals surface area contributed by atoms with E-state index in [1.165, 1.54) is 77.0 Å². The molecule has 0 saturated carbocycles. The molecule has 5 nitrogen and oxygen atoms in total. The van der Waals surface area contributed by atoms with E-state index in [4.69, 9.17) is 14.3 Å². The molecule has 0 aromatic rings. The number of carbonyl (C=O) groups excluding carboxylic acids is 1. The summed E-state index contributed by atoms with van der Waals surface area (Å²) in [6.45, 7) is 8.86. The molecule has 7 heteroatoms. The monoisotopic (exact) mass is 574 g/mol. The Labute approximate surface area is 239 Å². The second kappa shape index (κ2) is 35.7. The summed E-state index contributed by atoms with van der Waals surface area (Å²) in [6.07, 6.45) is 23.5. The van der Waals surface area contributed by atoms with Gasteiger partial charge in [-0.15, -0.1) is 0 Å². The van der Waals surface area contributed by atoms with Crippen LogP contribution in [0.2, 0.25) is 0 Å². The summed E-state index contributed by atoms with van der Waals surface area (Å²) in [6, 6.07) is 2.02. The fraction of sp³-hybridized carbons (Fsp3) is 0.889. The molecule has 0 spiro atoms. The molecule has 2 atom stereocenters. The van der Waals surface area contributed by atoms with E-state index in [1.54, 1.807) is 0 Å². The SMILES string of the molecule is CCCCCCCCCCCCCCCC=O.CN1CC[C@H](OPOCCC#N)C1.C[CH-]C.[Y]. The van der Waals surface area contributed by atoms with Gasteiger partial charge in [-0.25, -0.2) is 0 Å². The van der Waals surface area contributed by atoms with Crippen molar-refractivity contribution in [2.75, 3.05) is 26.7 Å². The molecule has 1 radical (unpaired) electrons. The van der Waals surface area contributed by atoms with E-state index in [0.29, 0.717) is 19.1 Å². The normalized spacial score (nSPS) is 15.1. The maximum Gasteiger partial charge on any atom is 0.155 e. The van der Waals surface area contributed by atoms with Crippen LogP contribution in [0.3, 0.4) is 0 Å². The summed E-state index contributed by atoms with van der Waals surface area (Å²) in [4.78, 5) is 12.3. The molecule has 1 rings (SSSR count). The van der Waals surface area contributed by atoms with Crippen molar-refractivity contribution in [1.82, 2.24) is 4.90 Å². The van der Waals surface area contributed by atoms with E-state index in [0.717, 1.165) is 38.6 Å². The van der Waals surface area contributed by atoms with Gasteiger partial charge >= 0.3 is 0 Å². The molecule has 0 aliphatic carbocycles. The van der Waals surface area contributed by atoms with E-state index < -0.39 is 0 Å². The number of carbonyl (C=O) groups is 1. The van der Waals surface area contributed by atoms with Gasteiger partial charge in [0.15, 0.2) is 9.03 Å². The first kappa shape index (κ1) is 39.1. The molecule has 0 bridgehead atoms. The standard InChI is InChI=1S/C16H32O.C8H15N2O2P.C3H7.Y/c1-2-3-4-5-6-7-8-9-10-11-12-13-14-15-16-17;1-10-5-3-8(7-10)12-13-11-6-2-4-9;1-3-2;/h16H,2-15H2,1H3;8,13H,2-3,5-7H2,1H3;3H,1-2H3;/q;;-1;/t;8-;;/m.0../s1. The van der Waals surface area contributed by atoms with Crippen LogP contribution in [0.25, 0.3) is 0 Å². The maximum absolute atomic E-state index is 10.1. The topological polar surface area (TPSA) is 62.6 Å². The van der Waals surface area contributed by atoms with Crippen LogP contribution in [-0.4, -0.2) is 44.0 Å². The predicted octanol–water partition coefficient (Wildman–Crippen LogP) is 8.04. The minimum Gasteiger partial charge on any atom is -0.335 e. The number of hydrogen-bond acceptors (Lipinski definition) is 5. The molecular formula is C27H54N2O3PY-. The third-order valence-corrected chi connectivity index (χ3v) is 6.11. The number of rotatable bonds is 19. The maximum atomic E-state index is 10.1.